The number of halogens is 1. The molecule has 3 rings (SSSR count). The third-order valence-electron chi connectivity index (χ3n) is 5.18. The molecular weight excluding hydrogens is 420 g/mol. The van der Waals surface area contributed by atoms with Crippen molar-refractivity contribution in [3.05, 3.63) is 58.1 Å². The predicted octanol–water partition coefficient (Wildman–Crippen LogP) is 4.26. The first-order valence-electron chi connectivity index (χ1n) is 9.46. The third-order valence-corrected chi connectivity index (χ3v) is 5.95. The number of benzene rings is 2. The molecule has 0 N–H and O–H groups in total. The maximum Gasteiger partial charge on any atom is 0.237 e. The van der Waals surface area contributed by atoms with Crippen LogP contribution in [0.4, 0.5) is 0 Å². The number of hydrogen-bond donors (Lipinski definition) is 0. The Morgan fingerprint density at radius 3 is 2.71 bits per heavy atom. The fourth-order valence-corrected chi connectivity index (χ4v) is 4.19. The van der Waals surface area contributed by atoms with Gasteiger partial charge in [-0.1, -0.05) is 34.1 Å². The van der Waals surface area contributed by atoms with Gasteiger partial charge in [-0.05, 0) is 43.7 Å². The average molecular weight is 447 g/mol. The summed E-state index contributed by atoms with van der Waals surface area (Å²) < 4.78 is 11.9. The smallest absolute Gasteiger partial charge is 0.237 e. The maximum atomic E-state index is 13.0. The Labute approximate surface area is 175 Å². The van der Waals surface area contributed by atoms with Crippen molar-refractivity contribution in [1.29, 1.82) is 0 Å². The van der Waals surface area contributed by atoms with Crippen LogP contribution in [0.1, 0.15) is 30.0 Å². The second kappa shape index (κ2) is 9.43. The minimum Gasteiger partial charge on any atom is -0.497 e. The maximum absolute atomic E-state index is 13.0. The van der Waals surface area contributed by atoms with E-state index in [0.29, 0.717) is 6.54 Å². The molecule has 0 aromatic heterocycles. The third kappa shape index (κ3) is 4.67. The molecule has 150 valence electrons. The van der Waals surface area contributed by atoms with Crippen LogP contribution in [0.2, 0.25) is 0 Å². The fourth-order valence-electron chi connectivity index (χ4n) is 3.78. The summed E-state index contributed by atoms with van der Waals surface area (Å²) in [6.07, 6.45) is 1.95. The molecule has 2 aromatic rings. The Morgan fingerprint density at radius 2 is 2.00 bits per heavy atom. The number of amides is 1. The molecule has 0 spiro atoms. The number of carbonyl (C=O) groups is 1. The molecule has 6 heteroatoms. The van der Waals surface area contributed by atoms with Gasteiger partial charge in [0.15, 0.2) is 0 Å². The van der Waals surface area contributed by atoms with Gasteiger partial charge in [0, 0.05) is 29.2 Å². The molecule has 1 aliphatic heterocycles. The zero-order valence-corrected chi connectivity index (χ0v) is 18.2. The predicted molar refractivity (Wildman–Crippen MR) is 114 cm³/mol. The zero-order valence-electron chi connectivity index (χ0n) is 16.7. The quantitative estimate of drug-likeness (QED) is 0.636. The fraction of sp³-hybridized carbons (Fsp3) is 0.409. The van der Waals surface area contributed by atoms with Gasteiger partial charge in [-0.25, -0.2) is 0 Å². The van der Waals surface area contributed by atoms with E-state index in [-0.39, 0.29) is 11.9 Å². The van der Waals surface area contributed by atoms with Crippen LogP contribution in [0.3, 0.4) is 0 Å². The largest absolute Gasteiger partial charge is 0.497 e. The van der Waals surface area contributed by atoms with Crippen LogP contribution in [0.15, 0.2) is 46.9 Å². The summed E-state index contributed by atoms with van der Waals surface area (Å²) in [7, 11) is 5.28. The van der Waals surface area contributed by atoms with E-state index in [2.05, 4.69) is 26.9 Å². The number of likely N-dealkylation sites (tertiary alicyclic amines) is 1. The monoisotopic (exact) mass is 446 g/mol. The molecule has 0 aliphatic carbocycles. The summed E-state index contributed by atoms with van der Waals surface area (Å²) >= 11 is 3.58. The van der Waals surface area contributed by atoms with E-state index in [0.717, 1.165) is 47.5 Å². The highest BCUT2D eigenvalue weighted by Crippen LogP contribution is 2.38. The Morgan fingerprint density at radius 1 is 1.21 bits per heavy atom. The second-order valence-corrected chi connectivity index (χ2v) is 7.97. The van der Waals surface area contributed by atoms with Crippen LogP contribution < -0.4 is 9.47 Å². The van der Waals surface area contributed by atoms with Crippen molar-refractivity contribution in [2.24, 2.45) is 0 Å². The number of carbonyl (C=O) groups excluding carboxylic acids is 1. The van der Waals surface area contributed by atoms with Crippen LogP contribution in [-0.2, 0) is 11.3 Å². The van der Waals surface area contributed by atoms with Crippen LogP contribution in [0.25, 0.3) is 0 Å². The lowest BCUT2D eigenvalue weighted by Gasteiger charge is -2.28. The van der Waals surface area contributed by atoms with Crippen molar-refractivity contribution in [1.82, 2.24) is 9.80 Å². The summed E-state index contributed by atoms with van der Waals surface area (Å²) in [6, 6.07) is 14.0. The minimum atomic E-state index is 0.0465. The van der Waals surface area contributed by atoms with Gasteiger partial charge in [0.1, 0.15) is 11.5 Å². The molecule has 0 saturated carbocycles. The molecule has 1 amide bonds. The highest BCUT2D eigenvalue weighted by molar-refractivity contribution is 9.10. The van der Waals surface area contributed by atoms with Crippen molar-refractivity contribution in [2.75, 3.05) is 34.4 Å². The van der Waals surface area contributed by atoms with E-state index in [9.17, 15) is 4.79 Å². The molecule has 28 heavy (non-hydrogen) atoms. The topological polar surface area (TPSA) is 42.0 Å². The zero-order chi connectivity index (χ0) is 20.1. The number of hydrogen-bond acceptors (Lipinski definition) is 4. The molecule has 1 saturated heterocycles. The average Bonchev–Trinajstić information content (AvgIpc) is 3.19. The molecule has 1 atom stereocenters. The number of rotatable bonds is 7. The first-order chi connectivity index (χ1) is 13.5. The molecule has 1 fully saturated rings. The Kier molecular flexibility index (Phi) is 6.97. The molecule has 5 nitrogen and oxygen atoms in total. The first kappa shape index (κ1) is 20.7. The Balaban J connectivity index is 1.70. The molecule has 1 unspecified atom stereocenters. The van der Waals surface area contributed by atoms with E-state index in [1.54, 1.807) is 14.2 Å². The van der Waals surface area contributed by atoms with Crippen molar-refractivity contribution in [2.45, 2.75) is 25.4 Å². The van der Waals surface area contributed by atoms with Gasteiger partial charge < -0.3 is 14.4 Å². The molecule has 1 heterocycles. The molecule has 0 bridgehead atoms. The van der Waals surface area contributed by atoms with Gasteiger partial charge in [0.25, 0.3) is 0 Å². The number of likely N-dealkylation sites (N-methyl/N-ethyl adjacent to an activating group) is 1. The lowest BCUT2D eigenvalue weighted by atomic mass is 10.0. The molecule has 0 radical (unpaired) electrons. The van der Waals surface area contributed by atoms with Crippen LogP contribution in [0, 0.1) is 0 Å². The lowest BCUT2D eigenvalue weighted by molar-refractivity contribution is -0.133. The van der Waals surface area contributed by atoms with Gasteiger partial charge in [0.05, 0.1) is 26.8 Å². The van der Waals surface area contributed by atoms with E-state index in [1.165, 1.54) is 5.56 Å². The van der Waals surface area contributed by atoms with Gasteiger partial charge in [-0.2, -0.15) is 0 Å². The van der Waals surface area contributed by atoms with E-state index < -0.39 is 0 Å². The van der Waals surface area contributed by atoms with Gasteiger partial charge in [0.2, 0.25) is 5.91 Å². The number of methoxy groups -OCH3 is 2. The molecular formula is C22H27BrN2O3. The summed E-state index contributed by atoms with van der Waals surface area (Å²) in [4.78, 5) is 17.1. The first-order valence-corrected chi connectivity index (χ1v) is 10.3. The highest BCUT2D eigenvalue weighted by Gasteiger charge is 2.32. The van der Waals surface area contributed by atoms with Crippen molar-refractivity contribution in [3.63, 3.8) is 0 Å². The normalized spacial score (nSPS) is 16.5. The molecule has 1 aliphatic rings. The minimum absolute atomic E-state index is 0.0465. The Hall–Kier alpha value is -2.05. The van der Waals surface area contributed by atoms with Crippen molar-refractivity contribution >= 4 is 21.8 Å². The van der Waals surface area contributed by atoms with Gasteiger partial charge in [-0.15, -0.1) is 0 Å². The summed E-state index contributed by atoms with van der Waals surface area (Å²) in [6.45, 7) is 1.88. The van der Waals surface area contributed by atoms with Crippen LogP contribution in [-0.4, -0.2) is 50.1 Å². The summed E-state index contributed by atoms with van der Waals surface area (Å²) in [5.41, 5.74) is 2.22. The molecule has 2 aromatic carbocycles. The van der Waals surface area contributed by atoms with E-state index in [4.69, 9.17) is 9.47 Å². The van der Waals surface area contributed by atoms with Crippen LogP contribution >= 0.6 is 15.9 Å². The number of nitrogens with zero attached hydrogens (tertiary/aromatic N) is 2. The standard InChI is InChI=1S/C22H27BrN2O3/c1-24(14-16-7-4-5-8-19(16)23)15-22(26)25-12-6-9-20(25)18-11-10-17(27-2)13-21(18)28-3/h4-5,7-8,10-11,13,20H,6,9,12,14-15H2,1-3H3. The highest BCUT2D eigenvalue weighted by atomic mass is 79.9. The van der Waals surface area contributed by atoms with Crippen LogP contribution in [0.5, 0.6) is 11.5 Å². The number of ether oxygens (including phenoxy) is 2. The van der Waals surface area contributed by atoms with E-state index in [1.807, 2.05) is 48.3 Å². The summed E-state index contributed by atoms with van der Waals surface area (Å²) in [5, 5.41) is 0. The lowest BCUT2D eigenvalue weighted by Crippen LogP contribution is -2.38. The SMILES string of the molecule is COc1ccc(C2CCCN2C(=O)CN(C)Cc2ccccc2Br)c(OC)c1. The Bertz CT molecular complexity index is 827. The van der Waals surface area contributed by atoms with E-state index >= 15 is 0 Å². The van der Waals surface area contributed by atoms with Crippen molar-refractivity contribution < 1.29 is 14.3 Å². The van der Waals surface area contributed by atoms with Crippen molar-refractivity contribution in [3.8, 4) is 11.5 Å². The van der Waals surface area contributed by atoms with Gasteiger partial charge in [-0.3, -0.25) is 9.69 Å². The van der Waals surface area contributed by atoms with Gasteiger partial charge >= 0.3 is 0 Å². The second-order valence-electron chi connectivity index (χ2n) is 7.12. The summed E-state index contributed by atoms with van der Waals surface area (Å²) in [5.74, 6) is 1.67.